The zero-order valence-corrected chi connectivity index (χ0v) is 11.5. The average molecular weight is 270 g/mol. The Morgan fingerprint density at radius 3 is 2.53 bits per heavy atom. The van der Waals surface area contributed by atoms with E-state index >= 15 is 0 Å². The fourth-order valence-electron chi connectivity index (χ4n) is 3.15. The summed E-state index contributed by atoms with van der Waals surface area (Å²) in [6.07, 6.45) is 1.33. The smallest absolute Gasteiger partial charge is 0.326 e. The molecule has 2 heterocycles. The Labute approximate surface area is 113 Å². The molecule has 2 amide bonds. The number of rotatable bonds is 2. The summed E-state index contributed by atoms with van der Waals surface area (Å²) < 4.78 is 0. The number of carboxylic acids is 1. The van der Waals surface area contributed by atoms with Gasteiger partial charge < -0.3 is 20.0 Å². The lowest BCUT2D eigenvalue weighted by Crippen LogP contribution is -2.50. The zero-order valence-electron chi connectivity index (χ0n) is 11.5. The van der Waals surface area contributed by atoms with Gasteiger partial charge >= 0.3 is 12.0 Å². The topological polar surface area (TPSA) is 81.1 Å². The summed E-state index contributed by atoms with van der Waals surface area (Å²) in [6, 6.07) is -0.948. The number of hydrogen-bond donors (Lipinski definition) is 2. The van der Waals surface area contributed by atoms with Crippen molar-refractivity contribution in [1.29, 1.82) is 0 Å². The second-order valence-electron chi connectivity index (χ2n) is 5.83. The number of nitrogens with zero attached hydrogens (tertiary/aromatic N) is 2. The van der Waals surface area contributed by atoms with Crippen molar-refractivity contribution in [1.82, 2.24) is 9.80 Å². The zero-order chi connectivity index (χ0) is 14.2. The van der Waals surface area contributed by atoms with E-state index in [4.69, 9.17) is 5.11 Å². The quantitative estimate of drug-likeness (QED) is 0.775. The lowest BCUT2D eigenvalue weighted by atomic mass is 10.0. The van der Waals surface area contributed by atoms with Gasteiger partial charge in [-0.05, 0) is 18.8 Å². The Hall–Kier alpha value is -1.30. The van der Waals surface area contributed by atoms with Gasteiger partial charge in [-0.25, -0.2) is 9.59 Å². The van der Waals surface area contributed by atoms with Crippen LogP contribution >= 0.6 is 0 Å². The van der Waals surface area contributed by atoms with Gasteiger partial charge in [-0.3, -0.25) is 0 Å². The molecule has 19 heavy (non-hydrogen) atoms. The minimum atomic E-state index is -1.04. The highest BCUT2D eigenvalue weighted by molar-refractivity contribution is 5.83. The number of hydrogen-bond acceptors (Lipinski definition) is 3. The fraction of sp³-hybridized carbons (Fsp3) is 0.846. The van der Waals surface area contributed by atoms with Gasteiger partial charge in [-0.1, -0.05) is 13.8 Å². The van der Waals surface area contributed by atoms with E-state index < -0.39 is 18.1 Å². The number of aliphatic hydroxyl groups excluding tert-OH is 1. The fourth-order valence-corrected chi connectivity index (χ4v) is 3.15. The van der Waals surface area contributed by atoms with Crippen LogP contribution in [0.25, 0.3) is 0 Å². The Kier molecular flexibility index (Phi) is 3.99. The van der Waals surface area contributed by atoms with E-state index in [1.54, 1.807) is 4.90 Å². The third-order valence-corrected chi connectivity index (χ3v) is 4.12. The number of carboxylic acid groups (broad SMARTS) is 1. The number of likely N-dealkylation sites (tertiary alicyclic amines) is 2. The maximum absolute atomic E-state index is 12.5. The molecule has 2 fully saturated rings. The molecule has 0 aromatic carbocycles. The molecule has 6 nitrogen and oxygen atoms in total. The first-order chi connectivity index (χ1) is 8.91. The number of aliphatic hydroxyl groups is 1. The maximum Gasteiger partial charge on any atom is 0.326 e. The van der Waals surface area contributed by atoms with Crippen LogP contribution in [-0.2, 0) is 4.79 Å². The van der Waals surface area contributed by atoms with Gasteiger partial charge in [0.05, 0.1) is 6.10 Å². The molecule has 1 unspecified atom stereocenters. The van der Waals surface area contributed by atoms with Crippen LogP contribution in [-0.4, -0.2) is 63.3 Å². The van der Waals surface area contributed by atoms with Crippen LogP contribution in [0.15, 0.2) is 0 Å². The van der Waals surface area contributed by atoms with Crippen LogP contribution < -0.4 is 0 Å². The highest BCUT2D eigenvalue weighted by atomic mass is 16.4. The Morgan fingerprint density at radius 2 is 1.95 bits per heavy atom. The first kappa shape index (κ1) is 14.1. The largest absolute Gasteiger partial charge is 0.480 e. The first-order valence-corrected chi connectivity index (χ1v) is 6.90. The number of β-amino-alcohol motifs (C(OH)–C–C–N with tert-alkyl or cyclic N) is 1. The molecule has 2 saturated heterocycles. The lowest BCUT2D eigenvalue weighted by molar-refractivity contribution is -0.141. The van der Waals surface area contributed by atoms with E-state index in [1.807, 2.05) is 0 Å². The maximum atomic E-state index is 12.5. The van der Waals surface area contributed by atoms with E-state index in [0.717, 1.165) is 12.8 Å². The minimum absolute atomic E-state index is 0.122. The van der Waals surface area contributed by atoms with Gasteiger partial charge in [0.15, 0.2) is 0 Å². The van der Waals surface area contributed by atoms with Crippen LogP contribution in [0.2, 0.25) is 0 Å². The van der Waals surface area contributed by atoms with E-state index in [0.29, 0.717) is 12.5 Å². The van der Waals surface area contributed by atoms with Crippen LogP contribution in [0, 0.1) is 5.92 Å². The normalized spacial score (nSPS) is 31.3. The molecule has 0 aromatic rings. The van der Waals surface area contributed by atoms with E-state index in [9.17, 15) is 14.7 Å². The van der Waals surface area contributed by atoms with Gasteiger partial charge in [0, 0.05) is 25.6 Å². The van der Waals surface area contributed by atoms with Crippen LogP contribution in [0.5, 0.6) is 0 Å². The molecule has 0 radical (unpaired) electrons. The molecule has 2 rings (SSSR count). The molecule has 0 aliphatic carbocycles. The van der Waals surface area contributed by atoms with Crippen LogP contribution in [0.3, 0.4) is 0 Å². The summed E-state index contributed by atoms with van der Waals surface area (Å²) in [5, 5.41) is 18.8. The summed E-state index contributed by atoms with van der Waals surface area (Å²) in [7, 11) is 0. The van der Waals surface area contributed by atoms with Crippen molar-refractivity contribution in [2.24, 2.45) is 5.92 Å². The van der Waals surface area contributed by atoms with Gasteiger partial charge in [-0.15, -0.1) is 0 Å². The molecular weight excluding hydrogens is 248 g/mol. The molecule has 0 saturated carbocycles. The Balaban J connectivity index is 2.12. The highest BCUT2D eigenvalue weighted by Crippen LogP contribution is 2.28. The first-order valence-electron chi connectivity index (χ1n) is 6.90. The SMILES string of the molecule is CC(C)C1CCCN1C(=O)N1C[C@H](O)C[C@H]1C(=O)O. The summed E-state index contributed by atoms with van der Waals surface area (Å²) in [6.45, 7) is 4.95. The number of aliphatic carboxylic acids is 1. The average Bonchev–Trinajstić information content (AvgIpc) is 2.93. The van der Waals surface area contributed by atoms with Crippen molar-refractivity contribution in [3.63, 3.8) is 0 Å². The summed E-state index contributed by atoms with van der Waals surface area (Å²) in [5.74, 6) is -0.674. The molecular formula is C13H22N2O4. The molecule has 0 aromatic heterocycles. The Morgan fingerprint density at radius 1 is 1.26 bits per heavy atom. The third-order valence-electron chi connectivity index (χ3n) is 4.12. The van der Waals surface area contributed by atoms with Crippen molar-refractivity contribution in [3.05, 3.63) is 0 Å². The van der Waals surface area contributed by atoms with Gasteiger partial charge in [-0.2, -0.15) is 0 Å². The predicted octanol–water partition coefficient (Wildman–Crippen LogP) is 0.747. The monoisotopic (exact) mass is 270 g/mol. The van der Waals surface area contributed by atoms with Crippen molar-refractivity contribution in [2.45, 2.75) is 51.3 Å². The summed E-state index contributed by atoms with van der Waals surface area (Å²) in [4.78, 5) is 26.8. The number of carbonyl (C=O) groups is 2. The van der Waals surface area contributed by atoms with Crippen LogP contribution in [0.4, 0.5) is 4.79 Å². The predicted molar refractivity (Wildman–Crippen MR) is 68.7 cm³/mol. The van der Waals surface area contributed by atoms with Crippen molar-refractivity contribution in [3.8, 4) is 0 Å². The van der Waals surface area contributed by atoms with E-state index in [1.165, 1.54) is 4.90 Å². The Bertz CT molecular complexity index is 372. The molecule has 2 aliphatic heterocycles. The number of amides is 2. The summed E-state index contributed by atoms with van der Waals surface area (Å²) >= 11 is 0. The molecule has 0 spiro atoms. The molecule has 2 aliphatic rings. The summed E-state index contributed by atoms with van der Waals surface area (Å²) in [5.41, 5.74) is 0. The molecule has 3 atom stereocenters. The van der Waals surface area contributed by atoms with E-state index in [-0.39, 0.29) is 25.0 Å². The lowest BCUT2D eigenvalue weighted by Gasteiger charge is -2.33. The molecule has 6 heteroatoms. The van der Waals surface area contributed by atoms with Gasteiger partial charge in [0.1, 0.15) is 6.04 Å². The van der Waals surface area contributed by atoms with Crippen LogP contribution in [0.1, 0.15) is 33.1 Å². The number of carbonyl (C=O) groups excluding carboxylic acids is 1. The second kappa shape index (κ2) is 5.36. The van der Waals surface area contributed by atoms with Crippen molar-refractivity contribution >= 4 is 12.0 Å². The van der Waals surface area contributed by atoms with E-state index in [2.05, 4.69) is 13.8 Å². The minimum Gasteiger partial charge on any atom is -0.480 e. The molecule has 108 valence electrons. The highest BCUT2D eigenvalue weighted by Gasteiger charge is 2.43. The number of urea groups is 1. The van der Waals surface area contributed by atoms with Crippen molar-refractivity contribution in [2.75, 3.05) is 13.1 Å². The third kappa shape index (κ3) is 2.68. The standard InChI is InChI=1S/C13H22N2O4/c1-8(2)10-4-3-5-14(10)13(19)15-7-9(16)6-11(15)12(17)18/h8-11,16H,3-7H2,1-2H3,(H,17,18)/t9-,10?,11+/m1/s1. The second-order valence-corrected chi connectivity index (χ2v) is 5.83. The van der Waals surface area contributed by atoms with Crippen molar-refractivity contribution < 1.29 is 19.8 Å². The van der Waals surface area contributed by atoms with Gasteiger partial charge in [0.2, 0.25) is 0 Å². The molecule has 0 bridgehead atoms. The van der Waals surface area contributed by atoms with Gasteiger partial charge in [0.25, 0.3) is 0 Å². The molecule has 2 N–H and O–H groups in total.